The molecule has 0 radical (unpaired) electrons. The number of fused-ring (bicyclic) bond motifs is 1. The number of aromatic nitrogens is 2. The first kappa shape index (κ1) is 36.4. The van der Waals surface area contributed by atoms with Crippen LogP contribution in [-0.4, -0.2) is 63.0 Å². The van der Waals surface area contributed by atoms with E-state index in [1.54, 1.807) is 30.5 Å². The fourth-order valence-electron chi connectivity index (χ4n) is 7.39. The van der Waals surface area contributed by atoms with E-state index in [9.17, 15) is 24.0 Å². The maximum atomic E-state index is 13.2. The zero-order valence-corrected chi connectivity index (χ0v) is 30.6. The van der Waals surface area contributed by atoms with Gasteiger partial charge >= 0.3 is 0 Å². The molecular weight excluding hydrogens is 686 g/mol. The summed E-state index contributed by atoms with van der Waals surface area (Å²) in [4.78, 5) is 71.0. The van der Waals surface area contributed by atoms with Crippen molar-refractivity contribution in [3.8, 4) is 11.5 Å². The number of benzene rings is 3. The third-order valence-corrected chi connectivity index (χ3v) is 10.7. The highest BCUT2D eigenvalue weighted by molar-refractivity contribution is 6.23. The van der Waals surface area contributed by atoms with Gasteiger partial charge in [-0.25, -0.2) is 9.97 Å². The number of nitrogens with one attached hydrogen (secondary N) is 2. The molecule has 0 spiro atoms. The van der Waals surface area contributed by atoms with Gasteiger partial charge in [0, 0.05) is 36.7 Å². The Balaban J connectivity index is 0.870. The first-order valence-electron chi connectivity index (χ1n) is 18.4. The van der Waals surface area contributed by atoms with Crippen LogP contribution in [0, 0.1) is 5.92 Å². The van der Waals surface area contributed by atoms with E-state index in [1.807, 2.05) is 24.3 Å². The van der Waals surface area contributed by atoms with Crippen molar-refractivity contribution >= 4 is 35.1 Å². The van der Waals surface area contributed by atoms with Crippen molar-refractivity contribution in [2.75, 3.05) is 11.9 Å². The lowest BCUT2D eigenvalue weighted by Gasteiger charge is -2.30. The van der Waals surface area contributed by atoms with Gasteiger partial charge in [0.25, 0.3) is 11.8 Å². The fraction of sp³-hybridized carbons (Fsp3) is 0.357. The quantitative estimate of drug-likeness (QED) is 0.130. The fourth-order valence-corrected chi connectivity index (χ4v) is 7.39. The number of hydrogen-bond acceptors (Lipinski definition) is 10. The third-order valence-electron chi connectivity index (χ3n) is 10.7. The van der Waals surface area contributed by atoms with Crippen LogP contribution in [0.25, 0.3) is 0 Å². The summed E-state index contributed by atoms with van der Waals surface area (Å²) in [6.45, 7) is 6.68. The summed E-state index contributed by atoms with van der Waals surface area (Å²) >= 11 is 0. The normalized spacial score (nSPS) is 20.0. The highest BCUT2D eigenvalue weighted by Gasteiger charge is 2.44. The minimum absolute atomic E-state index is 0.0866. The molecule has 1 saturated heterocycles. The Morgan fingerprint density at radius 1 is 0.833 bits per heavy atom. The molecule has 3 aromatic carbocycles. The SMILES string of the molecule is CC(=O)c1nccc(COc2ccc(C(C)(C)c3ccc(OC[C@H]4CC[C@H](Nc5ccc6c(c5)C(=O)N(C5CCC(=O)NC5=O)C6=O)CC4)cc3)cc2)n1. The van der Waals surface area contributed by atoms with Crippen LogP contribution in [0.5, 0.6) is 11.5 Å². The Morgan fingerprint density at radius 2 is 1.48 bits per heavy atom. The van der Waals surface area contributed by atoms with Crippen molar-refractivity contribution in [3.05, 3.63) is 113 Å². The van der Waals surface area contributed by atoms with Gasteiger partial charge < -0.3 is 14.8 Å². The van der Waals surface area contributed by atoms with Crippen molar-refractivity contribution in [3.63, 3.8) is 0 Å². The monoisotopic (exact) mass is 729 g/mol. The minimum Gasteiger partial charge on any atom is -0.493 e. The highest BCUT2D eigenvalue weighted by Crippen LogP contribution is 2.35. The van der Waals surface area contributed by atoms with E-state index in [-0.39, 0.29) is 53.6 Å². The van der Waals surface area contributed by atoms with E-state index >= 15 is 0 Å². The number of anilines is 1. The van der Waals surface area contributed by atoms with Gasteiger partial charge in [-0.05, 0) is 97.7 Å². The number of amides is 4. The second kappa shape index (κ2) is 15.2. The number of piperidine rings is 1. The number of Topliss-reactive ketones (excluding diaryl/α,β-unsaturated/α-hetero) is 1. The van der Waals surface area contributed by atoms with Gasteiger partial charge in [-0.2, -0.15) is 0 Å². The minimum atomic E-state index is -0.979. The molecule has 1 unspecified atom stereocenters. The largest absolute Gasteiger partial charge is 0.493 e. The second-order valence-corrected chi connectivity index (χ2v) is 14.8. The molecule has 4 aromatic rings. The zero-order valence-electron chi connectivity index (χ0n) is 30.6. The number of rotatable bonds is 12. The first-order chi connectivity index (χ1) is 26.0. The average molecular weight is 730 g/mol. The van der Waals surface area contributed by atoms with Gasteiger partial charge in [0.1, 0.15) is 24.1 Å². The number of hydrogen-bond donors (Lipinski definition) is 2. The van der Waals surface area contributed by atoms with Gasteiger partial charge in [-0.1, -0.05) is 38.1 Å². The number of ether oxygens (including phenoxy) is 2. The summed E-state index contributed by atoms with van der Waals surface area (Å²) in [5.74, 6) is -0.0598. The molecule has 1 aromatic heterocycles. The van der Waals surface area contributed by atoms with Gasteiger partial charge in [0.15, 0.2) is 11.6 Å². The molecule has 4 amide bonds. The third kappa shape index (κ3) is 7.73. The summed E-state index contributed by atoms with van der Waals surface area (Å²) in [6.07, 6.45) is 5.65. The maximum Gasteiger partial charge on any atom is 0.262 e. The van der Waals surface area contributed by atoms with Crippen LogP contribution in [-0.2, 0) is 21.6 Å². The number of carbonyl (C=O) groups excluding carboxylic acids is 5. The number of carbonyl (C=O) groups is 5. The van der Waals surface area contributed by atoms with Crippen LogP contribution in [0.3, 0.4) is 0 Å². The Morgan fingerprint density at radius 3 is 2.13 bits per heavy atom. The number of ketones is 1. The van der Waals surface area contributed by atoms with Crippen molar-refractivity contribution in [2.45, 2.75) is 83.4 Å². The Kier molecular flexibility index (Phi) is 10.3. The topological polar surface area (TPSA) is 157 Å². The zero-order chi connectivity index (χ0) is 38.0. The van der Waals surface area contributed by atoms with Crippen molar-refractivity contribution < 1.29 is 33.4 Å². The van der Waals surface area contributed by atoms with E-state index in [2.05, 4.69) is 58.7 Å². The van der Waals surface area contributed by atoms with Gasteiger partial charge in [0.2, 0.25) is 11.8 Å². The number of nitrogens with zero attached hydrogens (tertiary/aromatic N) is 3. The molecule has 12 nitrogen and oxygen atoms in total. The van der Waals surface area contributed by atoms with Crippen LogP contribution in [0.2, 0.25) is 0 Å². The standard InChI is InChI=1S/C42H43N5O7/c1-25(48)38-43-21-20-31(45-38)24-54-33-15-8-28(9-16-33)42(2,3)27-6-13-32(14-7-27)53-23-26-4-10-29(11-5-26)44-30-12-17-34-35(22-30)41(52)47(40(34)51)36-18-19-37(49)46-39(36)50/h6-9,12-17,20-22,26,29,36,44H,4-5,10-11,18-19,23-24H2,1-3H3,(H,46,49,50)/t26-,29-,36?. The van der Waals surface area contributed by atoms with Crippen LogP contribution in [0.1, 0.15) is 107 Å². The van der Waals surface area contributed by atoms with Crippen molar-refractivity contribution in [2.24, 2.45) is 5.92 Å². The molecule has 2 aliphatic heterocycles. The Hall–Kier alpha value is -5.91. The molecule has 1 aliphatic carbocycles. The van der Waals surface area contributed by atoms with Crippen LogP contribution in [0.15, 0.2) is 79.0 Å². The molecule has 7 rings (SSSR count). The molecule has 0 bridgehead atoms. The van der Waals surface area contributed by atoms with E-state index in [4.69, 9.17) is 9.47 Å². The van der Waals surface area contributed by atoms with Gasteiger partial charge in [-0.15, -0.1) is 0 Å². The predicted octanol–water partition coefficient (Wildman–Crippen LogP) is 6.04. The summed E-state index contributed by atoms with van der Waals surface area (Å²) in [6, 6.07) is 22.4. The molecule has 2 fully saturated rings. The van der Waals surface area contributed by atoms with E-state index < -0.39 is 29.7 Å². The molecule has 1 saturated carbocycles. The smallest absolute Gasteiger partial charge is 0.262 e. The van der Waals surface area contributed by atoms with Crippen LogP contribution < -0.4 is 20.1 Å². The lowest BCUT2D eigenvalue weighted by atomic mass is 9.78. The second-order valence-electron chi connectivity index (χ2n) is 14.8. The molecule has 54 heavy (non-hydrogen) atoms. The molecule has 12 heteroatoms. The molecular formula is C42H43N5O7. The summed E-state index contributed by atoms with van der Waals surface area (Å²) in [5.41, 5.74) is 4.00. The van der Waals surface area contributed by atoms with Crippen molar-refractivity contribution in [1.29, 1.82) is 0 Å². The molecule has 3 heterocycles. The Labute approximate surface area is 313 Å². The maximum absolute atomic E-state index is 13.2. The summed E-state index contributed by atoms with van der Waals surface area (Å²) in [5, 5.41) is 5.76. The lowest BCUT2D eigenvalue weighted by Crippen LogP contribution is -2.54. The first-order valence-corrected chi connectivity index (χ1v) is 18.4. The molecule has 278 valence electrons. The van der Waals surface area contributed by atoms with E-state index in [0.717, 1.165) is 53.1 Å². The summed E-state index contributed by atoms with van der Waals surface area (Å²) in [7, 11) is 0. The highest BCUT2D eigenvalue weighted by atomic mass is 16.5. The molecule has 3 aliphatic rings. The molecule has 1 atom stereocenters. The molecule has 2 N–H and O–H groups in total. The van der Waals surface area contributed by atoms with Gasteiger partial charge in [-0.3, -0.25) is 34.2 Å². The number of imide groups is 2. The average Bonchev–Trinajstić information content (AvgIpc) is 3.42. The van der Waals surface area contributed by atoms with Crippen LogP contribution in [0.4, 0.5) is 5.69 Å². The predicted molar refractivity (Wildman–Crippen MR) is 199 cm³/mol. The van der Waals surface area contributed by atoms with Crippen LogP contribution >= 0.6 is 0 Å². The summed E-state index contributed by atoms with van der Waals surface area (Å²) < 4.78 is 12.1. The lowest BCUT2D eigenvalue weighted by molar-refractivity contribution is -0.136. The van der Waals surface area contributed by atoms with Crippen molar-refractivity contribution in [1.82, 2.24) is 20.2 Å². The van der Waals surface area contributed by atoms with E-state index in [1.165, 1.54) is 6.92 Å². The Bertz CT molecular complexity index is 2090. The van der Waals surface area contributed by atoms with E-state index in [0.29, 0.717) is 24.0 Å². The van der Waals surface area contributed by atoms with Gasteiger partial charge in [0.05, 0.1) is 23.4 Å².